The van der Waals surface area contributed by atoms with Gasteiger partial charge in [0, 0.05) is 0 Å². The van der Waals surface area contributed by atoms with Crippen molar-refractivity contribution < 1.29 is 0 Å². The molecule has 0 N–H and O–H groups in total. The van der Waals surface area contributed by atoms with Gasteiger partial charge < -0.3 is 0 Å². The van der Waals surface area contributed by atoms with Crippen LogP contribution < -0.4 is 0 Å². The molecule has 0 saturated heterocycles. The molecule has 3 aromatic carbocycles. The molecule has 92 valence electrons. The van der Waals surface area contributed by atoms with Crippen molar-refractivity contribution in [3.8, 4) is 22.3 Å². The molecular weight excluding hydrogens is 228 g/mol. The van der Waals surface area contributed by atoms with Crippen molar-refractivity contribution in [1.29, 1.82) is 0 Å². The van der Waals surface area contributed by atoms with Crippen LogP contribution >= 0.6 is 0 Å². The Kier molecular flexibility index (Phi) is 3.16. The minimum absolute atomic E-state index is 1.26. The maximum atomic E-state index is 2.25. The Labute approximate surface area is 114 Å². The van der Waals surface area contributed by atoms with Gasteiger partial charge in [0.25, 0.3) is 0 Å². The lowest BCUT2D eigenvalue weighted by atomic mass is 9.98. The van der Waals surface area contributed by atoms with Crippen molar-refractivity contribution >= 4 is 0 Å². The van der Waals surface area contributed by atoms with Crippen LogP contribution in [0.15, 0.2) is 78.9 Å². The molecule has 0 atom stereocenters. The fraction of sp³-hybridized carbons (Fsp3) is 0.0526. The summed E-state index contributed by atoms with van der Waals surface area (Å²) in [6.07, 6.45) is 0. The highest BCUT2D eigenvalue weighted by molar-refractivity contribution is 5.73. The first kappa shape index (κ1) is 11.7. The highest BCUT2D eigenvalue weighted by atomic mass is 14.1. The summed E-state index contributed by atoms with van der Waals surface area (Å²) in [4.78, 5) is 0. The Morgan fingerprint density at radius 1 is 0.474 bits per heavy atom. The van der Waals surface area contributed by atoms with Gasteiger partial charge in [0.05, 0.1) is 0 Å². The van der Waals surface area contributed by atoms with E-state index in [1.54, 1.807) is 0 Å². The van der Waals surface area contributed by atoms with E-state index in [-0.39, 0.29) is 0 Å². The molecule has 0 aliphatic carbocycles. The normalized spacial score (nSPS) is 10.4. The maximum absolute atomic E-state index is 2.25. The van der Waals surface area contributed by atoms with Crippen molar-refractivity contribution in [2.45, 2.75) is 6.92 Å². The van der Waals surface area contributed by atoms with Gasteiger partial charge in [-0.2, -0.15) is 0 Å². The minimum atomic E-state index is 1.26. The van der Waals surface area contributed by atoms with E-state index in [4.69, 9.17) is 0 Å². The molecule has 0 aliphatic rings. The first-order valence-electron chi connectivity index (χ1n) is 6.55. The lowest BCUT2D eigenvalue weighted by Gasteiger charge is -2.06. The fourth-order valence-electron chi connectivity index (χ4n) is 2.33. The monoisotopic (exact) mass is 244 g/mol. The van der Waals surface area contributed by atoms with Crippen molar-refractivity contribution in [1.82, 2.24) is 0 Å². The van der Waals surface area contributed by atoms with E-state index < -0.39 is 0 Å². The molecule has 0 unspecified atom stereocenters. The highest BCUT2D eigenvalue weighted by Crippen LogP contribution is 2.26. The maximum Gasteiger partial charge on any atom is -0.0178 e. The Morgan fingerprint density at radius 2 is 1.00 bits per heavy atom. The standard InChI is InChI=1S/C19H16/c1-15-7-5-10-17(13-15)19-12-6-11-18(14-19)16-8-3-2-4-9-16/h2-14H,1H3. The summed E-state index contributed by atoms with van der Waals surface area (Å²) < 4.78 is 0. The third-order valence-electron chi connectivity index (χ3n) is 3.32. The predicted molar refractivity (Wildman–Crippen MR) is 82.1 cm³/mol. The molecule has 0 fully saturated rings. The molecule has 0 heterocycles. The number of hydrogen-bond donors (Lipinski definition) is 0. The summed E-state index contributed by atoms with van der Waals surface area (Å²) in [5, 5.41) is 0. The Hall–Kier alpha value is -2.34. The number of benzene rings is 3. The largest absolute Gasteiger partial charge is 0.0622 e. The Balaban J connectivity index is 2.06. The number of aryl methyl sites for hydroxylation is 1. The second-order valence-corrected chi connectivity index (χ2v) is 4.82. The van der Waals surface area contributed by atoms with Gasteiger partial charge in [-0.3, -0.25) is 0 Å². The van der Waals surface area contributed by atoms with E-state index >= 15 is 0 Å². The van der Waals surface area contributed by atoms with Crippen LogP contribution in [0.25, 0.3) is 22.3 Å². The zero-order valence-corrected chi connectivity index (χ0v) is 11.0. The number of hydrogen-bond acceptors (Lipinski definition) is 0. The number of rotatable bonds is 2. The molecule has 0 spiro atoms. The molecule has 19 heavy (non-hydrogen) atoms. The predicted octanol–water partition coefficient (Wildman–Crippen LogP) is 5.33. The average molecular weight is 244 g/mol. The van der Waals surface area contributed by atoms with Gasteiger partial charge >= 0.3 is 0 Å². The second kappa shape index (κ2) is 5.11. The van der Waals surface area contributed by atoms with Crippen LogP contribution in [0.3, 0.4) is 0 Å². The van der Waals surface area contributed by atoms with Gasteiger partial charge in [-0.1, -0.05) is 78.4 Å². The van der Waals surface area contributed by atoms with Gasteiger partial charge in [0.2, 0.25) is 0 Å². The molecule has 0 heteroatoms. The summed E-state index contributed by atoms with van der Waals surface area (Å²) in [6.45, 7) is 2.13. The highest BCUT2D eigenvalue weighted by Gasteiger charge is 2.01. The lowest BCUT2D eigenvalue weighted by molar-refractivity contribution is 1.47. The quantitative estimate of drug-likeness (QED) is 0.571. The van der Waals surface area contributed by atoms with Crippen LogP contribution in [0, 0.1) is 6.92 Å². The van der Waals surface area contributed by atoms with Crippen LogP contribution in [0.5, 0.6) is 0 Å². The SMILES string of the molecule is Cc1cccc(-c2cccc(-c3ccccc3)c2)c1. The van der Waals surface area contributed by atoms with Crippen LogP contribution in [-0.4, -0.2) is 0 Å². The second-order valence-electron chi connectivity index (χ2n) is 4.82. The smallest absolute Gasteiger partial charge is 0.0178 e. The summed E-state index contributed by atoms with van der Waals surface area (Å²) >= 11 is 0. The summed E-state index contributed by atoms with van der Waals surface area (Å²) in [6, 6.07) is 27.8. The first-order valence-corrected chi connectivity index (χ1v) is 6.55. The van der Waals surface area contributed by atoms with Crippen molar-refractivity contribution in [2.24, 2.45) is 0 Å². The summed E-state index contributed by atoms with van der Waals surface area (Å²) in [5.74, 6) is 0. The molecule has 3 rings (SSSR count). The van der Waals surface area contributed by atoms with E-state index in [1.165, 1.54) is 27.8 Å². The van der Waals surface area contributed by atoms with E-state index in [9.17, 15) is 0 Å². The average Bonchev–Trinajstić information content (AvgIpc) is 2.48. The molecule has 0 amide bonds. The van der Waals surface area contributed by atoms with Gasteiger partial charge in [0.1, 0.15) is 0 Å². The van der Waals surface area contributed by atoms with Crippen LogP contribution in [0.4, 0.5) is 0 Å². The van der Waals surface area contributed by atoms with Crippen molar-refractivity contribution in [3.05, 3.63) is 84.4 Å². The van der Waals surface area contributed by atoms with Crippen molar-refractivity contribution in [3.63, 3.8) is 0 Å². The molecular formula is C19H16. The van der Waals surface area contributed by atoms with Gasteiger partial charge in [0.15, 0.2) is 0 Å². The molecule has 0 radical (unpaired) electrons. The Bertz CT molecular complexity index is 681. The minimum Gasteiger partial charge on any atom is -0.0622 e. The third kappa shape index (κ3) is 2.58. The lowest BCUT2D eigenvalue weighted by Crippen LogP contribution is -1.82. The van der Waals surface area contributed by atoms with Crippen LogP contribution in [0.2, 0.25) is 0 Å². The van der Waals surface area contributed by atoms with Crippen LogP contribution in [0.1, 0.15) is 5.56 Å². The summed E-state index contributed by atoms with van der Waals surface area (Å²) in [5.41, 5.74) is 6.36. The Morgan fingerprint density at radius 3 is 1.68 bits per heavy atom. The molecule has 3 aromatic rings. The molecule has 0 aliphatic heterocycles. The van der Waals surface area contributed by atoms with E-state index in [1.807, 2.05) is 6.07 Å². The third-order valence-corrected chi connectivity index (χ3v) is 3.32. The fourth-order valence-corrected chi connectivity index (χ4v) is 2.33. The zero-order chi connectivity index (χ0) is 13.1. The molecule has 0 nitrogen and oxygen atoms in total. The van der Waals surface area contributed by atoms with E-state index in [0.717, 1.165) is 0 Å². The van der Waals surface area contributed by atoms with Gasteiger partial charge in [-0.25, -0.2) is 0 Å². The zero-order valence-electron chi connectivity index (χ0n) is 11.0. The topological polar surface area (TPSA) is 0 Å². The van der Waals surface area contributed by atoms with Gasteiger partial charge in [-0.05, 0) is 35.2 Å². The molecule has 0 bridgehead atoms. The molecule has 0 aromatic heterocycles. The van der Waals surface area contributed by atoms with E-state index in [0.29, 0.717) is 0 Å². The summed E-state index contributed by atoms with van der Waals surface area (Å²) in [7, 11) is 0. The van der Waals surface area contributed by atoms with Crippen LogP contribution in [-0.2, 0) is 0 Å². The van der Waals surface area contributed by atoms with Gasteiger partial charge in [-0.15, -0.1) is 0 Å². The van der Waals surface area contributed by atoms with E-state index in [2.05, 4.69) is 79.7 Å². The molecule has 0 saturated carbocycles. The van der Waals surface area contributed by atoms with Crippen molar-refractivity contribution in [2.75, 3.05) is 0 Å². The first-order chi connectivity index (χ1) is 9.33.